The highest BCUT2D eigenvalue weighted by Crippen LogP contribution is 2.32. The zero-order chi connectivity index (χ0) is 21.2. The van der Waals surface area contributed by atoms with Gasteiger partial charge in [0.1, 0.15) is 17.2 Å². The van der Waals surface area contributed by atoms with Crippen molar-refractivity contribution in [2.45, 2.75) is 19.4 Å². The van der Waals surface area contributed by atoms with E-state index in [1.54, 1.807) is 18.3 Å². The Bertz CT molecular complexity index is 1110. The van der Waals surface area contributed by atoms with E-state index in [0.717, 1.165) is 31.5 Å². The molecule has 0 spiro atoms. The molecule has 5 rings (SSSR count). The van der Waals surface area contributed by atoms with Crippen LogP contribution in [0.3, 0.4) is 0 Å². The number of rotatable bonds is 5. The SMILES string of the molecule is O=C(NCc1ccc2c(c1)OCO2)c1cnc(-c2ccc(F)cc2)nc1N1CCCC1. The van der Waals surface area contributed by atoms with E-state index in [1.807, 2.05) is 18.2 Å². The average molecular weight is 420 g/mol. The number of hydrogen-bond acceptors (Lipinski definition) is 6. The third-order valence-corrected chi connectivity index (χ3v) is 5.41. The Morgan fingerprint density at radius 1 is 1.06 bits per heavy atom. The van der Waals surface area contributed by atoms with Gasteiger partial charge < -0.3 is 19.7 Å². The number of anilines is 1. The third kappa shape index (κ3) is 4.01. The Morgan fingerprint density at radius 3 is 2.65 bits per heavy atom. The lowest BCUT2D eigenvalue weighted by molar-refractivity contribution is 0.0950. The van der Waals surface area contributed by atoms with Gasteiger partial charge in [0.25, 0.3) is 5.91 Å². The van der Waals surface area contributed by atoms with Crippen LogP contribution in [0.15, 0.2) is 48.7 Å². The average Bonchev–Trinajstić information content (AvgIpc) is 3.49. The van der Waals surface area contributed by atoms with Crippen LogP contribution in [0.1, 0.15) is 28.8 Å². The number of carbonyl (C=O) groups excluding carboxylic acids is 1. The summed E-state index contributed by atoms with van der Waals surface area (Å²) in [5.41, 5.74) is 2.03. The van der Waals surface area contributed by atoms with Gasteiger partial charge in [-0.15, -0.1) is 0 Å². The molecular formula is C23H21FN4O3. The van der Waals surface area contributed by atoms with Crippen LogP contribution in [0.25, 0.3) is 11.4 Å². The molecule has 3 aromatic rings. The first-order chi connectivity index (χ1) is 15.2. The minimum atomic E-state index is -0.317. The maximum atomic E-state index is 13.3. The van der Waals surface area contributed by atoms with Gasteiger partial charge in [0.15, 0.2) is 17.3 Å². The van der Waals surface area contributed by atoms with Crippen molar-refractivity contribution in [3.05, 3.63) is 65.6 Å². The lowest BCUT2D eigenvalue weighted by Gasteiger charge is -2.20. The molecule has 0 unspecified atom stereocenters. The van der Waals surface area contributed by atoms with Crippen molar-refractivity contribution in [1.29, 1.82) is 0 Å². The van der Waals surface area contributed by atoms with E-state index >= 15 is 0 Å². The summed E-state index contributed by atoms with van der Waals surface area (Å²) in [6.45, 7) is 2.22. The normalized spacial score (nSPS) is 14.7. The molecule has 0 radical (unpaired) electrons. The van der Waals surface area contributed by atoms with Gasteiger partial charge in [0, 0.05) is 31.4 Å². The highest BCUT2D eigenvalue weighted by molar-refractivity contribution is 5.99. The van der Waals surface area contributed by atoms with Gasteiger partial charge in [0.05, 0.1) is 0 Å². The Balaban J connectivity index is 1.39. The first-order valence-electron chi connectivity index (χ1n) is 10.2. The van der Waals surface area contributed by atoms with E-state index in [-0.39, 0.29) is 18.5 Å². The van der Waals surface area contributed by atoms with E-state index in [4.69, 9.17) is 9.47 Å². The summed E-state index contributed by atoms with van der Waals surface area (Å²) < 4.78 is 24.0. The molecule has 2 aliphatic heterocycles. The molecule has 158 valence electrons. The number of ether oxygens (including phenoxy) is 2. The molecule has 1 aromatic heterocycles. The van der Waals surface area contributed by atoms with Crippen molar-refractivity contribution in [2.75, 3.05) is 24.8 Å². The fourth-order valence-corrected chi connectivity index (χ4v) is 3.77. The standard InChI is InChI=1S/C23H21FN4O3/c24-17-6-4-16(5-7-17)21-25-13-18(22(27-21)28-9-1-2-10-28)23(29)26-12-15-3-8-19-20(11-15)31-14-30-19/h3-8,11,13H,1-2,9-10,12,14H2,(H,26,29). The number of fused-ring (bicyclic) bond motifs is 1. The monoisotopic (exact) mass is 420 g/mol. The lowest BCUT2D eigenvalue weighted by atomic mass is 10.1. The molecule has 1 saturated heterocycles. The summed E-state index contributed by atoms with van der Waals surface area (Å²) in [5, 5.41) is 2.95. The third-order valence-electron chi connectivity index (χ3n) is 5.41. The maximum absolute atomic E-state index is 13.3. The second-order valence-electron chi connectivity index (χ2n) is 7.50. The van der Waals surface area contributed by atoms with Gasteiger partial charge in [0.2, 0.25) is 6.79 Å². The van der Waals surface area contributed by atoms with Crippen molar-refractivity contribution in [2.24, 2.45) is 0 Å². The van der Waals surface area contributed by atoms with Crippen molar-refractivity contribution >= 4 is 11.7 Å². The van der Waals surface area contributed by atoms with Gasteiger partial charge in [-0.05, 0) is 54.8 Å². The molecule has 0 aliphatic carbocycles. The topological polar surface area (TPSA) is 76.6 Å². The lowest BCUT2D eigenvalue weighted by Crippen LogP contribution is -2.28. The van der Waals surface area contributed by atoms with E-state index in [2.05, 4.69) is 20.2 Å². The van der Waals surface area contributed by atoms with Crippen LogP contribution in [-0.4, -0.2) is 35.8 Å². The molecule has 0 atom stereocenters. The summed E-state index contributed by atoms with van der Waals surface area (Å²) >= 11 is 0. The number of hydrogen-bond donors (Lipinski definition) is 1. The number of aromatic nitrogens is 2. The summed E-state index contributed by atoms with van der Waals surface area (Å²) in [4.78, 5) is 24.1. The molecule has 2 aromatic carbocycles. The van der Waals surface area contributed by atoms with Crippen LogP contribution < -0.4 is 19.7 Å². The van der Waals surface area contributed by atoms with E-state index in [0.29, 0.717) is 40.8 Å². The summed E-state index contributed by atoms with van der Waals surface area (Å²) in [7, 11) is 0. The van der Waals surface area contributed by atoms with Crippen LogP contribution in [0.4, 0.5) is 10.2 Å². The fraction of sp³-hybridized carbons (Fsp3) is 0.261. The summed E-state index contributed by atoms with van der Waals surface area (Å²) in [6, 6.07) is 11.6. The van der Waals surface area contributed by atoms with Gasteiger partial charge in [-0.1, -0.05) is 6.07 Å². The van der Waals surface area contributed by atoms with Crippen LogP contribution in [0.2, 0.25) is 0 Å². The number of carbonyl (C=O) groups is 1. The number of nitrogens with one attached hydrogen (secondary N) is 1. The van der Waals surface area contributed by atoms with E-state index in [9.17, 15) is 9.18 Å². The highest BCUT2D eigenvalue weighted by atomic mass is 19.1. The first-order valence-corrected chi connectivity index (χ1v) is 10.2. The number of halogens is 1. The van der Waals surface area contributed by atoms with Crippen molar-refractivity contribution in [3.63, 3.8) is 0 Å². The van der Waals surface area contributed by atoms with Gasteiger partial charge in [-0.25, -0.2) is 14.4 Å². The molecule has 0 bridgehead atoms. The Morgan fingerprint density at radius 2 is 1.84 bits per heavy atom. The largest absolute Gasteiger partial charge is 0.454 e. The molecule has 1 N–H and O–H groups in total. The second-order valence-corrected chi connectivity index (χ2v) is 7.50. The Kier molecular flexibility index (Phi) is 5.11. The number of benzene rings is 2. The molecule has 2 aliphatic rings. The quantitative estimate of drug-likeness (QED) is 0.681. The molecule has 3 heterocycles. The Hall–Kier alpha value is -3.68. The van der Waals surface area contributed by atoms with Crippen LogP contribution in [0, 0.1) is 5.82 Å². The molecular weight excluding hydrogens is 399 g/mol. The number of amides is 1. The zero-order valence-electron chi connectivity index (χ0n) is 16.8. The molecule has 8 heteroatoms. The van der Waals surface area contributed by atoms with Crippen molar-refractivity contribution in [1.82, 2.24) is 15.3 Å². The molecule has 0 saturated carbocycles. The first kappa shape index (κ1) is 19.3. The molecule has 31 heavy (non-hydrogen) atoms. The van der Waals surface area contributed by atoms with Crippen LogP contribution in [0.5, 0.6) is 11.5 Å². The van der Waals surface area contributed by atoms with Gasteiger partial charge >= 0.3 is 0 Å². The van der Waals surface area contributed by atoms with Crippen molar-refractivity contribution < 1.29 is 18.7 Å². The summed E-state index contributed by atoms with van der Waals surface area (Å²) in [5.74, 6) is 1.89. The highest BCUT2D eigenvalue weighted by Gasteiger charge is 2.23. The zero-order valence-corrected chi connectivity index (χ0v) is 16.8. The molecule has 1 fully saturated rings. The Labute approximate surface area is 178 Å². The van der Waals surface area contributed by atoms with Crippen molar-refractivity contribution in [3.8, 4) is 22.9 Å². The molecule has 7 nitrogen and oxygen atoms in total. The molecule has 1 amide bonds. The van der Waals surface area contributed by atoms with E-state index in [1.165, 1.54) is 12.1 Å². The minimum absolute atomic E-state index is 0.210. The predicted octanol–water partition coefficient (Wildman–Crippen LogP) is 3.54. The summed E-state index contributed by atoms with van der Waals surface area (Å²) in [6.07, 6.45) is 3.65. The van der Waals surface area contributed by atoms with Crippen LogP contribution in [-0.2, 0) is 6.54 Å². The van der Waals surface area contributed by atoms with Crippen LogP contribution >= 0.6 is 0 Å². The van der Waals surface area contributed by atoms with Gasteiger partial charge in [-0.3, -0.25) is 4.79 Å². The second kappa shape index (κ2) is 8.22. The smallest absolute Gasteiger partial charge is 0.256 e. The maximum Gasteiger partial charge on any atom is 0.256 e. The fourth-order valence-electron chi connectivity index (χ4n) is 3.77. The minimum Gasteiger partial charge on any atom is -0.454 e. The van der Waals surface area contributed by atoms with E-state index < -0.39 is 0 Å². The predicted molar refractivity (Wildman–Crippen MR) is 113 cm³/mol. The van der Waals surface area contributed by atoms with Gasteiger partial charge in [-0.2, -0.15) is 0 Å². The number of nitrogens with zero attached hydrogens (tertiary/aromatic N) is 3.